The number of piperidine rings is 1. The summed E-state index contributed by atoms with van der Waals surface area (Å²) in [6, 6.07) is 14.8. The second-order valence-corrected chi connectivity index (χ2v) is 10.9. The first-order chi connectivity index (χ1) is 15.8. The van der Waals surface area contributed by atoms with Crippen LogP contribution in [0.5, 0.6) is 0 Å². The van der Waals surface area contributed by atoms with Crippen LogP contribution in [-0.4, -0.2) is 49.1 Å². The quantitative estimate of drug-likeness (QED) is 0.676. The third kappa shape index (κ3) is 5.62. The minimum absolute atomic E-state index is 0.0228. The third-order valence-electron chi connectivity index (χ3n) is 6.40. The topological polar surface area (TPSA) is 86.8 Å². The largest absolute Gasteiger partial charge is 0.352 e. The lowest BCUT2D eigenvalue weighted by atomic mass is 10.1. The molecule has 33 heavy (non-hydrogen) atoms. The number of sulfonamides is 1. The van der Waals surface area contributed by atoms with E-state index >= 15 is 0 Å². The van der Waals surface area contributed by atoms with Crippen molar-refractivity contribution in [3.05, 3.63) is 65.2 Å². The summed E-state index contributed by atoms with van der Waals surface area (Å²) < 4.78 is 27.4. The summed E-state index contributed by atoms with van der Waals surface area (Å²) in [5.41, 5.74) is 2.93. The van der Waals surface area contributed by atoms with Gasteiger partial charge in [0.15, 0.2) is 0 Å². The van der Waals surface area contributed by atoms with Crippen molar-refractivity contribution in [2.24, 2.45) is 5.92 Å². The third-order valence-corrected chi connectivity index (χ3v) is 8.29. The number of carbonyl (C=O) groups excluding carboxylic acids is 2. The second kappa shape index (κ2) is 10.1. The maximum atomic E-state index is 12.9. The first kappa shape index (κ1) is 23.4. The summed E-state index contributed by atoms with van der Waals surface area (Å²) in [6.07, 6.45) is 3.03. The van der Waals surface area contributed by atoms with Crippen molar-refractivity contribution in [2.75, 3.05) is 19.6 Å². The first-order valence-electron chi connectivity index (χ1n) is 11.5. The molecule has 2 fully saturated rings. The Balaban J connectivity index is 1.34. The molecule has 4 rings (SSSR count). The van der Waals surface area contributed by atoms with Crippen LogP contribution in [0, 0.1) is 12.8 Å². The molecule has 2 heterocycles. The van der Waals surface area contributed by atoms with Crippen molar-refractivity contribution in [1.82, 2.24) is 14.5 Å². The molecule has 0 bridgehead atoms. The van der Waals surface area contributed by atoms with E-state index in [2.05, 4.69) is 5.32 Å². The Labute approximate surface area is 195 Å². The van der Waals surface area contributed by atoms with Gasteiger partial charge < -0.3 is 10.2 Å². The molecule has 0 aromatic heterocycles. The van der Waals surface area contributed by atoms with Gasteiger partial charge in [0, 0.05) is 39.1 Å². The predicted molar refractivity (Wildman–Crippen MR) is 126 cm³/mol. The summed E-state index contributed by atoms with van der Waals surface area (Å²) >= 11 is 0. The van der Waals surface area contributed by atoms with Gasteiger partial charge in [0.25, 0.3) is 0 Å². The molecule has 176 valence electrons. The van der Waals surface area contributed by atoms with Crippen LogP contribution >= 0.6 is 0 Å². The smallest absolute Gasteiger partial charge is 0.243 e. The standard InChI is InChI=1S/C25H31N3O4S/c1-19-8-10-20(11-9-19)17-27-18-22(15-24(27)29)25(30)26-16-21-6-5-7-23(14-21)33(31,32)28-12-3-2-4-13-28/h5-11,14,22H,2-4,12-13,15-18H2,1H3,(H,26,30). The maximum Gasteiger partial charge on any atom is 0.243 e. The number of benzene rings is 2. The van der Waals surface area contributed by atoms with Crippen molar-refractivity contribution >= 4 is 21.8 Å². The highest BCUT2D eigenvalue weighted by Crippen LogP contribution is 2.23. The van der Waals surface area contributed by atoms with Crippen LogP contribution in [0.2, 0.25) is 0 Å². The zero-order valence-electron chi connectivity index (χ0n) is 19.0. The number of amides is 2. The second-order valence-electron chi connectivity index (χ2n) is 8.99. The Hall–Kier alpha value is -2.71. The van der Waals surface area contributed by atoms with Crippen molar-refractivity contribution in [1.29, 1.82) is 0 Å². The van der Waals surface area contributed by atoms with Gasteiger partial charge in [0.1, 0.15) is 0 Å². The van der Waals surface area contributed by atoms with Gasteiger partial charge in [0.05, 0.1) is 10.8 Å². The molecule has 1 unspecified atom stereocenters. The number of nitrogens with zero attached hydrogens (tertiary/aromatic N) is 2. The number of rotatable bonds is 7. The van der Waals surface area contributed by atoms with E-state index in [-0.39, 0.29) is 29.7 Å². The number of aryl methyl sites for hydroxylation is 1. The Bertz CT molecular complexity index is 1110. The number of hydrogen-bond donors (Lipinski definition) is 1. The Morgan fingerprint density at radius 2 is 1.76 bits per heavy atom. The molecule has 8 heteroatoms. The normalized spacial score (nSPS) is 19.6. The van der Waals surface area contributed by atoms with Gasteiger partial charge in [-0.3, -0.25) is 9.59 Å². The zero-order valence-corrected chi connectivity index (χ0v) is 19.8. The van der Waals surface area contributed by atoms with Crippen LogP contribution in [0.3, 0.4) is 0 Å². The molecule has 0 saturated carbocycles. The van der Waals surface area contributed by atoms with E-state index in [0.717, 1.165) is 36.0 Å². The fourth-order valence-electron chi connectivity index (χ4n) is 4.42. The zero-order chi connectivity index (χ0) is 23.4. The van der Waals surface area contributed by atoms with Crippen LogP contribution in [0.1, 0.15) is 42.4 Å². The molecule has 1 atom stereocenters. The number of hydrogen-bond acceptors (Lipinski definition) is 4. The van der Waals surface area contributed by atoms with Gasteiger partial charge in [-0.15, -0.1) is 0 Å². The van der Waals surface area contributed by atoms with Crippen molar-refractivity contribution in [2.45, 2.75) is 50.6 Å². The van der Waals surface area contributed by atoms with E-state index in [1.54, 1.807) is 33.5 Å². The van der Waals surface area contributed by atoms with E-state index in [0.29, 0.717) is 26.2 Å². The molecule has 2 aliphatic heterocycles. The van der Waals surface area contributed by atoms with Crippen LogP contribution < -0.4 is 5.32 Å². The average molecular weight is 470 g/mol. The predicted octanol–water partition coefficient (Wildman–Crippen LogP) is 2.83. The first-order valence-corrected chi connectivity index (χ1v) is 13.0. The van der Waals surface area contributed by atoms with Gasteiger partial charge in [-0.2, -0.15) is 4.31 Å². The van der Waals surface area contributed by atoms with E-state index in [9.17, 15) is 18.0 Å². The summed E-state index contributed by atoms with van der Waals surface area (Å²) in [5, 5.41) is 2.89. The minimum Gasteiger partial charge on any atom is -0.352 e. The summed E-state index contributed by atoms with van der Waals surface area (Å²) in [5.74, 6) is -0.604. The fourth-order valence-corrected chi connectivity index (χ4v) is 6.01. The van der Waals surface area contributed by atoms with Crippen LogP contribution in [0.4, 0.5) is 0 Å². The van der Waals surface area contributed by atoms with Gasteiger partial charge >= 0.3 is 0 Å². The van der Waals surface area contributed by atoms with E-state index < -0.39 is 15.9 Å². The Morgan fingerprint density at radius 1 is 1.03 bits per heavy atom. The molecule has 2 aromatic carbocycles. The van der Waals surface area contributed by atoms with Crippen molar-refractivity contribution in [3.8, 4) is 0 Å². The number of nitrogens with one attached hydrogen (secondary N) is 1. The van der Waals surface area contributed by atoms with Crippen molar-refractivity contribution in [3.63, 3.8) is 0 Å². The highest BCUT2D eigenvalue weighted by Gasteiger charge is 2.34. The highest BCUT2D eigenvalue weighted by atomic mass is 32.2. The van der Waals surface area contributed by atoms with Gasteiger partial charge in [-0.25, -0.2) is 8.42 Å². The maximum absolute atomic E-state index is 12.9. The summed E-state index contributed by atoms with van der Waals surface area (Å²) in [7, 11) is -3.52. The number of likely N-dealkylation sites (tertiary alicyclic amines) is 1. The molecular weight excluding hydrogens is 438 g/mol. The van der Waals surface area contributed by atoms with E-state index in [4.69, 9.17) is 0 Å². The molecule has 0 aliphatic carbocycles. The molecule has 1 N–H and O–H groups in total. The molecule has 0 radical (unpaired) electrons. The van der Waals surface area contributed by atoms with Crippen molar-refractivity contribution < 1.29 is 18.0 Å². The monoisotopic (exact) mass is 469 g/mol. The summed E-state index contributed by atoms with van der Waals surface area (Å²) in [6.45, 7) is 4.24. The van der Waals surface area contributed by atoms with Gasteiger partial charge in [-0.1, -0.05) is 48.4 Å². The van der Waals surface area contributed by atoms with Gasteiger partial charge in [0.2, 0.25) is 21.8 Å². The molecule has 2 aromatic rings. The Morgan fingerprint density at radius 3 is 2.48 bits per heavy atom. The van der Waals surface area contributed by atoms with Crippen LogP contribution in [0.15, 0.2) is 53.4 Å². The SMILES string of the molecule is Cc1ccc(CN2CC(C(=O)NCc3cccc(S(=O)(=O)N4CCCCC4)c3)CC2=O)cc1. The molecule has 0 spiro atoms. The van der Waals surface area contributed by atoms with Crippen LogP contribution in [-0.2, 0) is 32.7 Å². The molecular formula is C25H31N3O4S. The van der Waals surface area contributed by atoms with E-state index in [1.165, 1.54) is 0 Å². The Kier molecular flexibility index (Phi) is 7.14. The molecule has 2 aliphatic rings. The van der Waals surface area contributed by atoms with Gasteiger partial charge in [-0.05, 0) is 43.0 Å². The molecule has 7 nitrogen and oxygen atoms in total. The van der Waals surface area contributed by atoms with Crippen LogP contribution in [0.25, 0.3) is 0 Å². The lowest BCUT2D eigenvalue weighted by Crippen LogP contribution is -2.35. The number of carbonyl (C=O) groups is 2. The lowest BCUT2D eigenvalue weighted by Gasteiger charge is -2.26. The van der Waals surface area contributed by atoms with E-state index in [1.807, 2.05) is 31.2 Å². The average Bonchev–Trinajstić information content (AvgIpc) is 3.20. The lowest BCUT2D eigenvalue weighted by molar-refractivity contribution is -0.129. The minimum atomic E-state index is -3.52. The summed E-state index contributed by atoms with van der Waals surface area (Å²) in [4.78, 5) is 27.1. The molecule has 2 saturated heterocycles. The fraction of sp³-hybridized carbons (Fsp3) is 0.440. The molecule has 2 amide bonds. The highest BCUT2D eigenvalue weighted by molar-refractivity contribution is 7.89.